The van der Waals surface area contributed by atoms with Gasteiger partial charge in [0, 0.05) is 6.42 Å². The number of hydrogen-bond acceptors (Lipinski definition) is 5. The van der Waals surface area contributed by atoms with Crippen LogP contribution in [0.3, 0.4) is 0 Å². The Hall–Kier alpha value is -1.95. The lowest BCUT2D eigenvalue weighted by molar-refractivity contribution is -0.116. The number of nitrogens with zero attached hydrogens (tertiary/aromatic N) is 2. The number of aromatic amines is 1. The first-order chi connectivity index (χ1) is 9.13. The van der Waals surface area contributed by atoms with E-state index in [0.717, 1.165) is 11.8 Å². The third-order valence-electron chi connectivity index (χ3n) is 2.45. The van der Waals surface area contributed by atoms with Crippen LogP contribution in [0.25, 0.3) is 0 Å². The number of rotatable bonds is 5. The molecule has 6 heteroatoms. The number of H-pyrrole nitrogens is 1. The smallest absolute Gasteiger partial charge is 0.270 e. The molecule has 0 aliphatic rings. The molecule has 1 aromatic carbocycles. The number of carbonyl (C=O) groups excluding carboxylic acids is 1. The Kier molecular flexibility index (Phi) is 4.46. The van der Waals surface area contributed by atoms with Gasteiger partial charge in [-0.3, -0.25) is 14.6 Å². The van der Waals surface area contributed by atoms with Crippen molar-refractivity contribution >= 4 is 17.5 Å². The third kappa shape index (κ3) is 4.33. The van der Waals surface area contributed by atoms with E-state index in [2.05, 4.69) is 15.2 Å². The predicted octanol–water partition coefficient (Wildman–Crippen LogP) is 1.38. The minimum Gasteiger partial charge on any atom is -0.299 e. The summed E-state index contributed by atoms with van der Waals surface area (Å²) < 4.78 is 0. The highest BCUT2D eigenvalue weighted by Crippen LogP contribution is 2.11. The zero-order valence-corrected chi connectivity index (χ0v) is 11.2. The van der Waals surface area contributed by atoms with E-state index in [4.69, 9.17) is 0 Å². The minimum atomic E-state index is -0.316. The van der Waals surface area contributed by atoms with E-state index < -0.39 is 0 Å². The molecule has 2 aromatic rings. The van der Waals surface area contributed by atoms with Gasteiger partial charge in [0.05, 0.1) is 5.75 Å². The quantitative estimate of drug-likeness (QED) is 0.834. The van der Waals surface area contributed by atoms with E-state index in [-0.39, 0.29) is 17.1 Å². The van der Waals surface area contributed by atoms with E-state index in [0.29, 0.717) is 11.6 Å². The van der Waals surface area contributed by atoms with E-state index in [1.54, 1.807) is 0 Å². The van der Waals surface area contributed by atoms with E-state index in [1.807, 2.05) is 31.2 Å². The Labute approximate surface area is 114 Å². The molecule has 1 N–H and O–H groups in total. The van der Waals surface area contributed by atoms with Crippen molar-refractivity contribution in [1.29, 1.82) is 0 Å². The predicted molar refractivity (Wildman–Crippen MR) is 73.3 cm³/mol. The molecule has 0 saturated heterocycles. The van der Waals surface area contributed by atoms with Crippen LogP contribution in [0.1, 0.15) is 11.1 Å². The molecule has 0 unspecified atom stereocenters. The molecule has 5 nitrogen and oxygen atoms in total. The van der Waals surface area contributed by atoms with Crippen molar-refractivity contribution in [2.24, 2.45) is 0 Å². The number of aromatic nitrogens is 3. The molecule has 0 amide bonds. The summed E-state index contributed by atoms with van der Waals surface area (Å²) in [5.41, 5.74) is 1.84. The van der Waals surface area contributed by atoms with Gasteiger partial charge in [-0.1, -0.05) is 41.6 Å². The molecule has 1 heterocycles. The number of aryl methyl sites for hydroxylation is 1. The van der Waals surface area contributed by atoms with Gasteiger partial charge in [0.1, 0.15) is 12.0 Å². The largest absolute Gasteiger partial charge is 0.299 e. The van der Waals surface area contributed by atoms with E-state index in [1.165, 1.54) is 17.3 Å². The van der Waals surface area contributed by atoms with Crippen LogP contribution in [0.5, 0.6) is 0 Å². The van der Waals surface area contributed by atoms with Gasteiger partial charge in [0.15, 0.2) is 5.16 Å². The summed E-state index contributed by atoms with van der Waals surface area (Å²) in [6, 6.07) is 7.86. The number of carbonyl (C=O) groups is 1. The average molecular weight is 275 g/mol. The monoisotopic (exact) mass is 275 g/mol. The lowest BCUT2D eigenvalue weighted by Gasteiger charge is -2.01. The van der Waals surface area contributed by atoms with Crippen molar-refractivity contribution in [2.75, 3.05) is 5.75 Å². The van der Waals surface area contributed by atoms with Crippen LogP contribution in [0.4, 0.5) is 0 Å². The maximum Gasteiger partial charge on any atom is 0.270 e. The number of benzene rings is 1. The van der Waals surface area contributed by atoms with Crippen molar-refractivity contribution in [3.63, 3.8) is 0 Å². The second kappa shape index (κ2) is 6.29. The number of Topliss-reactive ketones (excluding diaryl/α,β-unsaturated/α-hetero) is 1. The van der Waals surface area contributed by atoms with Crippen LogP contribution in [-0.4, -0.2) is 26.7 Å². The molecule has 1 aromatic heterocycles. The first-order valence-corrected chi connectivity index (χ1v) is 6.74. The lowest BCUT2D eigenvalue weighted by atomic mass is 10.1. The highest BCUT2D eigenvalue weighted by Gasteiger charge is 2.06. The molecule has 0 bridgehead atoms. The van der Waals surface area contributed by atoms with Gasteiger partial charge in [-0.15, -0.1) is 5.10 Å². The van der Waals surface area contributed by atoms with Gasteiger partial charge in [0.2, 0.25) is 0 Å². The van der Waals surface area contributed by atoms with Crippen molar-refractivity contribution in [3.05, 3.63) is 51.9 Å². The Morgan fingerprint density at radius 2 is 2.05 bits per heavy atom. The lowest BCUT2D eigenvalue weighted by Crippen LogP contribution is -2.10. The number of ketones is 1. The number of nitrogens with one attached hydrogen (secondary N) is 1. The molecule has 19 heavy (non-hydrogen) atoms. The first kappa shape index (κ1) is 13.5. The number of thioether (sulfide) groups is 1. The zero-order chi connectivity index (χ0) is 13.7. The minimum absolute atomic E-state index is 0.0837. The Morgan fingerprint density at radius 3 is 2.74 bits per heavy atom. The molecule has 0 atom stereocenters. The van der Waals surface area contributed by atoms with Gasteiger partial charge >= 0.3 is 0 Å². The molecule has 0 spiro atoms. The standard InChI is InChI=1S/C13H13N3O2S/c1-9-2-4-10(5-3-9)6-11(17)8-19-13-15-12(18)7-14-16-13/h2-5,7H,6,8H2,1H3,(H,15,16,18). The highest BCUT2D eigenvalue weighted by molar-refractivity contribution is 7.99. The van der Waals surface area contributed by atoms with Crippen molar-refractivity contribution in [3.8, 4) is 0 Å². The van der Waals surface area contributed by atoms with E-state index in [9.17, 15) is 9.59 Å². The fraction of sp³-hybridized carbons (Fsp3) is 0.231. The zero-order valence-electron chi connectivity index (χ0n) is 10.4. The molecular weight excluding hydrogens is 262 g/mol. The summed E-state index contributed by atoms with van der Waals surface area (Å²) in [6.07, 6.45) is 1.48. The van der Waals surface area contributed by atoms with Crippen molar-refractivity contribution in [1.82, 2.24) is 15.2 Å². The Balaban J connectivity index is 1.88. The van der Waals surface area contributed by atoms with Crippen LogP contribution >= 0.6 is 11.8 Å². The Morgan fingerprint density at radius 1 is 1.32 bits per heavy atom. The topological polar surface area (TPSA) is 75.7 Å². The van der Waals surface area contributed by atoms with Gasteiger partial charge in [0.25, 0.3) is 5.56 Å². The van der Waals surface area contributed by atoms with Gasteiger partial charge in [-0.25, -0.2) is 0 Å². The van der Waals surface area contributed by atoms with Gasteiger partial charge < -0.3 is 0 Å². The SMILES string of the molecule is Cc1ccc(CC(=O)CSc2nncc(=O)[nH]2)cc1. The van der Waals surface area contributed by atoms with Crippen molar-refractivity contribution < 1.29 is 4.79 Å². The molecule has 98 valence electrons. The normalized spacial score (nSPS) is 10.4. The summed E-state index contributed by atoms with van der Waals surface area (Å²) in [5.74, 6) is 0.350. The molecule has 0 aliphatic carbocycles. The van der Waals surface area contributed by atoms with Crippen LogP contribution in [0.15, 0.2) is 40.4 Å². The summed E-state index contributed by atoms with van der Waals surface area (Å²) >= 11 is 1.19. The van der Waals surface area contributed by atoms with Crippen LogP contribution < -0.4 is 5.56 Å². The average Bonchev–Trinajstić information content (AvgIpc) is 2.39. The molecule has 0 fully saturated rings. The van der Waals surface area contributed by atoms with Crippen LogP contribution in [0, 0.1) is 6.92 Å². The molecular formula is C13H13N3O2S. The fourth-order valence-electron chi connectivity index (χ4n) is 1.49. The first-order valence-electron chi connectivity index (χ1n) is 5.75. The summed E-state index contributed by atoms with van der Waals surface area (Å²) in [5, 5.41) is 7.63. The van der Waals surface area contributed by atoms with Crippen molar-refractivity contribution in [2.45, 2.75) is 18.5 Å². The van der Waals surface area contributed by atoms with Crippen LogP contribution in [0.2, 0.25) is 0 Å². The van der Waals surface area contributed by atoms with E-state index >= 15 is 0 Å². The maximum absolute atomic E-state index is 11.8. The molecule has 0 aliphatic heterocycles. The summed E-state index contributed by atoms with van der Waals surface area (Å²) in [6.45, 7) is 2.01. The molecule has 0 radical (unpaired) electrons. The molecule has 2 rings (SSSR count). The second-order valence-corrected chi connectivity index (χ2v) is 5.09. The highest BCUT2D eigenvalue weighted by atomic mass is 32.2. The summed E-state index contributed by atoms with van der Waals surface area (Å²) in [7, 11) is 0. The van der Waals surface area contributed by atoms with Gasteiger partial charge in [-0.05, 0) is 12.5 Å². The summed E-state index contributed by atoms with van der Waals surface area (Å²) in [4.78, 5) is 25.3. The second-order valence-electron chi connectivity index (χ2n) is 4.13. The maximum atomic E-state index is 11.8. The van der Waals surface area contributed by atoms with Crippen LogP contribution in [-0.2, 0) is 11.2 Å². The number of hydrogen-bond donors (Lipinski definition) is 1. The molecule has 0 saturated carbocycles. The fourth-order valence-corrected chi connectivity index (χ4v) is 2.17. The van der Waals surface area contributed by atoms with Gasteiger partial charge in [-0.2, -0.15) is 5.10 Å². The Bertz CT molecular complexity index is 622. The third-order valence-corrected chi connectivity index (χ3v) is 3.37.